The molecule has 0 radical (unpaired) electrons. The van der Waals surface area contributed by atoms with Gasteiger partial charge in [0.05, 0.1) is 4.70 Å². The van der Waals surface area contributed by atoms with E-state index in [0.717, 1.165) is 42.0 Å². The zero-order valence-electron chi connectivity index (χ0n) is 20.5. The molecule has 1 heterocycles. The Morgan fingerprint density at radius 3 is 2.47 bits per heavy atom. The average molecular weight is 657 g/mol. The Labute approximate surface area is 240 Å². The van der Waals surface area contributed by atoms with Crippen molar-refractivity contribution in [3.05, 3.63) is 109 Å². The maximum atomic E-state index is 12.5. The van der Waals surface area contributed by atoms with Gasteiger partial charge in [0.15, 0.2) is 12.2 Å². The van der Waals surface area contributed by atoms with Crippen LogP contribution in [0.1, 0.15) is 21.6 Å². The molecule has 0 spiro atoms. The molecule has 0 saturated heterocycles. The lowest BCUT2D eigenvalue weighted by Crippen LogP contribution is -2.47. The minimum Gasteiger partial charge on any atom is -0.479 e. The highest BCUT2D eigenvalue weighted by atomic mass is 79.9. The van der Waals surface area contributed by atoms with Gasteiger partial charge in [-0.1, -0.05) is 60.7 Å². The van der Waals surface area contributed by atoms with Crippen molar-refractivity contribution in [3.8, 4) is 0 Å². The number of allylic oxidation sites excluding steroid dienone is 2. The summed E-state index contributed by atoms with van der Waals surface area (Å²) in [5.41, 5.74) is 3.46. The fourth-order valence-corrected chi connectivity index (χ4v) is 7.27. The molecule has 0 aliphatic heterocycles. The van der Waals surface area contributed by atoms with Gasteiger partial charge in [-0.15, -0.1) is 11.3 Å². The molecule has 4 aromatic rings. The number of carbonyl (C=O) groups is 1. The second kappa shape index (κ2) is 10.4. The number of aryl methyl sites for hydroxylation is 2. The maximum absolute atomic E-state index is 12.5. The van der Waals surface area contributed by atoms with E-state index in [1.165, 1.54) is 4.88 Å². The highest BCUT2D eigenvalue weighted by Gasteiger charge is 2.50. The normalized spacial score (nSPS) is 20.0. The third kappa shape index (κ3) is 4.62. The first-order chi connectivity index (χ1) is 18.1. The molecule has 5 rings (SSSR count). The van der Waals surface area contributed by atoms with E-state index in [2.05, 4.69) is 45.7 Å². The number of aliphatic carboxylic acids is 1. The van der Waals surface area contributed by atoms with E-state index in [0.29, 0.717) is 5.57 Å². The van der Waals surface area contributed by atoms with E-state index in [1.54, 1.807) is 41.7 Å². The van der Waals surface area contributed by atoms with Crippen LogP contribution in [0, 0.1) is 24.0 Å². The lowest BCUT2D eigenvalue weighted by molar-refractivity contribution is -0.532. The Morgan fingerprint density at radius 1 is 1.16 bits per heavy atom. The predicted molar refractivity (Wildman–Crippen MR) is 159 cm³/mol. The van der Waals surface area contributed by atoms with Gasteiger partial charge >= 0.3 is 10.4 Å². The number of ether oxygens (including phenoxy) is 1. The van der Waals surface area contributed by atoms with E-state index in [9.17, 15) is 20.0 Å². The molecular formula is C29H23Br2NO5S. The molecule has 3 atom stereocenters. The minimum atomic E-state index is -1.86. The van der Waals surface area contributed by atoms with E-state index in [1.807, 2.05) is 42.5 Å². The van der Waals surface area contributed by atoms with Crippen molar-refractivity contribution in [1.82, 2.24) is 0 Å². The van der Waals surface area contributed by atoms with Crippen molar-refractivity contribution in [2.24, 2.45) is 0 Å². The van der Waals surface area contributed by atoms with Gasteiger partial charge in [0.2, 0.25) is 0 Å². The summed E-state index contributed by atoms with van der Waals surface area (Å²) in [4.78, 5) is 25.2. The molecule has 9 heteroatoms. The van der Waals surface area contributed by atoms with Crippen LogP contribution in [0.3, 0.4) is 0 Å². The summed E-state index contributed by atoms with van der Waals surface area (Å²) in [6, 6.07) is 17.0. The molecule has 0 fully saturated rings. The number of nitrogens with zero attached hydrogens (tertiary/aromatic N) is 1. The Hall–Kier alpha value is -2.85. The monoisotopic (exact) mass is 655 g/mol. The van der Waals surface area contributed by atoms with Crippen LogP contribution in [0.2, 0.25) is 0 Å². The Bertz CT molecular complexity index is 1650. The van der Waals surface area contributed by atoms with Gasteiger partial charge in [-0.05, 0) is 68.9 Å². The number of carboxylic acid groups (broad SMARTS) is 1. The summed E-state index contributed by atoms with van der Waals surface area (Å²) in [7, 11) is 0. The lowest BCUT2D eigenvalue weighted by Gasteiger charge is -2.30. The molecule has 38 heavy (non-hydrogen) atoms. The highest BCUT2D eigenvalue weighted by molar-refractivity contribution is 9.11. The van der Waals surface area contributed by atoms with Crippen molar-refractivity contribution in [3.63, 3.8) is 0 Å². The van der Waals surface area contributed by atoms with Crippen LogP contribution >= 0.6 is 43.2 Å². The van der Waals surface area contributed by atoms with E-state index in [-0.39, 0.29) is 6.42 Å². The molecule has 1 aromatic heterocycles. The van der Waals surface area contributed by atoms with Crippen molar-refractivity contribution < 1.29 is 19.6 Å². The van der Waals surface area contributed by atoms with Crippen LogP contribution < -0.4 is 0 Å². The number of nitro groups is 1. The number of rotatable bonds is 7. The maximum Gasteiger partial charge on any atom is 0.333 e. The molecule has 3 unspecified atom stereocenters. The predicted octanol–water partition coefficient (Wildman–Crippen LogP) is 7.84. The minimum absolute atomic E-state index is 0.0865. The van der Waals surface area contributed by atoms with E-state index >= 15 is 0 Å². The van der Waals surface area contributed by atoms with Crippen molar-refractivity contribution in [2.75, 3.05) is 0 Å². The summed E-state index contributed by atoms with van der Waals surface area (Å²) >= 11 is 8.82. The van der Waals surface area contributed by atoms with Crippen molar-refractivity contribution >= 4 is 75.6 Å². The van der Waals surface area contributed by atoms with Crippen LogP contribution in [0.25, 0.3) is 26.4 Å². The zero-order valence-corrected chi connectivity index (χ0v) is 24.5. The molecule has 0 saturated carbocycles. The van der Waals surface area contributed by atoms with Crippen molar-refractivity contribution in [1.29, 1.82) is 0 Å². The highest BCUT2D eigenvalue weighted by Crippen LogP contribution is 2.47. The number of alkyl halides is 1. The molecule has 1 aliphatic carbocycles. The number of halogens is 2. The SMILES string of the molecule is Cc1sc2c(Br)c3ccccc3c(C3=CC(Br)([N+](=O)[O-])C(OC(Cc4ccccc4)C(=O)O)C=C3)c2c1C. The van der Waals surface area contributed by atoms with Gasteiger partial charge in [0.1, 0.15) is 0 Å². The van der Waals surface area contributed by atoms with Gasteiger partial charge in [-0.2, -0.15) is 0 Å². The van der Waals surface area contributed by atoms with Crippen molar-refractivity contribution in [2.45, 2.75) is 36.9 Å². The quantitative estimate of drug-likeness (QED) is 0.0948. The van der Waals surface area contributed by atoms with Crippen LogP contribution in [0.4, 0.5) is 0 Å². The summed E-state index contributed by atoms with van der Waals surface area (Å²) in [6.45, 7) is 4.13. The van der Waals surface area contributed by atoms with Crippen LogP contribution in [-0.4, -0.2) is 32.7 Å². The van der Waals surface area contributed by atoms with E-state index in [4.69, 9.17) is 4.74 Å². The molecule has 194 valence electrons. The van der Waals surface area contributed by atoms with Gasteiger partial charge in [-0.3, -0.25) is 10.1 Å². The topological polar surface area (TPSA) is 89.7 Å². The third-order valence-corrected chi connectivity index (χ3v) is 10.2. The Kier molecular flexibility index (Phi) is 7.30. The molecule has 0 amide bonds. The first-order valence-electron chi connectivity index (χ1n) is 11.9. The largest absolute Gasteiger partial charge is 0.479 e. The first-order valence-corrected chi connectivity index (χ1v) is 14.3. The Balaban J connectivity index is 1.62. The molecular weight excluding hydrogens is 634 g/mol. The number of fused-ring (bicyclic) bond motifs is 2. The fourth-order valence-electron chi connectivity index (χ4n) is 4.86. The first kappa shape index (κ1) is 26.7. The summed E-state index contributed by atoms with van der Waals surface area (Å²) < 4.78 is 6.13. The standard InChI is InChI=1S/C29H23Br2NO5S/c1-16-17(2)38-27-24(16)25(20-10-6-7-11-21(20)26(27)30)19-12-13-23(29(31,15-19)32(35)36)37-22(28(33)34)14-18-8-4-3-5-9-18/h3-13,15,22-23H,14H2,1-2H3,(H,33,34). The summed E-state index contributed by atoms with van der Waals surface area (Å²) in [5, 5.41) is 25.3. The molecule has 0 bridgehead atoms. The van der Waals surface area contributed by atoms with E-state index < -0.39 is 27.5 Å². The third-order valence-electron chi connectivity index (χ3n) is 6.89. The number of carboxylic acids is 1. The van der Waals surface area contributed by atoms with Crippen LogP contribution in [0.5, 0.6) is 0 Å². The fraction of sp³-hybridized carbons (Fsp3) is 0.207. The van der Waals surface area contributed by atoms with Gasteiger partial charge in [0.25, 0.3) is 0 Å². The number of hydrogen-bond acceptors (Lipinski definition) is 5. The second-order valence-electron chi connectivity index (χ2n) is 9.24. The number of benzene rings is 3. The van der Waals surface area contributed by atoms with Gasteiger partial charge < -0.3 is 9.84 Å². The van der Waals surface area contributed by atoms with Crippen LogP contribution in [-0.2, 0) is 16.0 Å². The number of hydrogen-bond donors (Lipinski definition) is 1. The second-order valence-corrected chi connectivity index (χ2v) is 12.5. The molecule has 6 nitrogen and oxygen atoms in total. The zero-order chi connectivity index (χ0) is 27.2. The van der Waals surface area contributed by atoms with Gasteiger partial charge in [-0.25, -0.2) is 4.79 Å². The van der Waals surface area contributed by atoms with Gasteiger partial charge in [0, 0.05) is 48.1 Å². The lowest BCUT2D eigenvalue weighted by atomic mass is 9.88. The molecule has 3 aromatic carbocycles. The Morgan fingerprint density at radius 2 is 1.82 bits per heavy atom. The smallest absolute Gasteiger partial charge is 0.333 e. The molecule has 1 aliphatic rings. The van der Waals surface area contributed by atoms with Crippen LogP contribution in [0.15, 0.2) is 77.3 Å². The average Bonchev–Trinajstić information content (AvgIpc) is 3.20. The summed E-state index contributed by atoms with van der Waals surface area (Å²) in [5.74, 6) is -1.18. The molecule has 1 N–H and O–H groups in total. The summed E-state index contributed by atoms with van der Waals surface area (Å²) in [6.07, 6.45) is 2.61. The number of thiophene rings is 1.